The molecule has 0 heterocycles. The van der Waals surface area contributed by atoms with Gasteiger partial charge in [0.2, 0.25) is 6.10 Å². The first-order chi connectivity index (χ1) is 12.6. The molecule has 3 aromatic carbocycles. The van der Waals surface area contributed by atoms with Gasteiger partial charge in [0, 0.05) is 5.39 Å². The van der Waals surface area contributed by atoms with E-state index in [0.717, 1.165) is 22.2 Å². The van der Waals surface area contributed by atoms with Crippen molar-refractivity contribution in [1.82, 2.24) is 4.48 Å². The van der Waals surface area contributed by atoms with Gasteiger partial charge >= 0.3 is 5.91 Å². The number of amides is 1. The molecule has 0 aliphatic heterocycles. The molecule has 0 N–H and O–H groups in total. The molecule has 3 heteroatoms. The minimum absolute atomic E-state index is 0.0779. The molecule has 0 radical (unpaired) electrons. The van der Waals surface area contributed by atoms with Gasteiger partial charge in [0.1, 0.15) is 11.4 Å². The minimum Gasteiger partial charge on any atom is -0.476 e. The van der Waals surface area contributed by atoms with E-state index in [2.05, 4.69) is 26.0 Å². The summed E-state index contributed by atoms with van der Waals surface area (Å²) < 4.78 is 6.44. The fourth-order valence-corrected chi connectivity index (χ4v) is 3.63. The number of benzene rings is 3. The Labute approximate surface area is 155 Å². The fourth-order valence-electron chi connectivity index (χ4n) is 3.63. The number of nitrogens with zero attached hydrogens (tertiary/aromatic N) is 1. The molecule has 0 spiro atoms. The lowest BCUT2D eigenvalue weighted by molar-refractivity contribution is -0.136. The maximum Gasteiger partial charge on any atom is 0.359 e. The second-order valence-corrected chi connectivity index (χ2v) is 6.51. The predicted octanol–water partition coefficient (Wildman–Crippen LogP) is 5.18. The van der Waals surface area contributed by atoms with Crippen molar-refractivity contribution in [3.8, 4) is 5.75 Å². The third-order valence-electron chi connectivity index (χ3n) is 5.15. The van der Waals surface area contributed by atoms with Crippen molar-refractivity contribution in [3.05, 3.63) is 72.8 Å². The van der Waals surface area contributed by atoms with Gasteiger partial charge in [-0.25, -0.2) is 9.28 Å². The van der Waals surface area contributed by atoms with Gasteiger partial charge in [-0.3, -0.25) is 0 Å². The van der Waals surface area contributed by atoms with E-state index in [4.69, 9.17) is 4.74 Å². The van der Waals surface area contributed by atoms with Crippen LogP contribution in [0.5, 0.6) is 5.75 Å². The van der Waals surface area contributed by atoms with Crippen LogP contribution in [0.3, 0.4) is 0 Å². The number of hydrogen-bond acceptors (Lipinski definition) is 2. The Balaban J connectivity index is 1.93. The highest BCUT2D eigenvalue weighted by molar-refractivity contribution is 5.93. The van der Waals surface area contributed by atoms with Crippen LogP contribution in [0.25, 0.3) is 10.8 Å². The average Bonchev–Trinajstić information content (AvgIpc) is 2.70. The molecule has 0 aliphatic carbocycles. The molecule has 1 unspecified atom stereocenters. The van der Waals surface area contributed by atoms with Gasteiger partial charge in [0.05, 0.1) is 13.1 Å². The molecule has 3 aromatic rings. The Kier molecular flexibility index (Phi) is 5.38. The number of fused-ring (bicyclic) bond motifs is 1. The van der Waals surface area contributed by atoms with E-state index in [0.29, 0.717) is 13.1 Å². The van der Waals surface area contributed by atoms with E-state index < -0.39 is 6.10 Å². The van der Waals surface area contributed by atoms with E-state index in [1.165, 1.54) is 0 Å². The lowest BCUT2D eigenvalue weighted by Crippen LogP contribution is -2.58. The molecule has 1 amide bonds. The molecule has 1 atom stereocenters. The van der Waals surface area contributed by atoms with Crippen LogP contribution < -0.4 is 9.22 Å². The third kappa shape index (κ3) is 3.23. The monoisotopic (exact) mass is 348 g/mol. The molecule has 0 aliphatic rings. The summed E-state index contributed by atoms with van der Waals surface area (Å²) in [4.78, 5) is 13.4. The highest BCUT2D eigenvalue weighted by Gasteiger charge is 2.40. The van der Waals surface area contributed by atoms with Crippen molar-refractivity contribution in [2.75, 3.05) is 13.1 Å². The molecular formula is C23H26NO2+. The van der Waals surface area contributed by atoms with Gasteiger partial charge in [-0.1, -0.05) is 54.6 Å². The summed E-state index contributed by atoms with van der Waals surface area (Å²) >= 11 is 0. The van der Waals surface area contributed by atoms with Crippen LogP contribution in [0.2, 0.25) is 0 Å². The van der Waals surface area contributed by atoms with Crippen LogP contribution in [-0.2, 0) is 4.79 Å². The molecule has 3 nitrogen and oxygen atoms in total. The number of para-hydroxylation sites is 1. The maximum absolute atomic E-state index is 13.4. The largest absolute Gasteiger partial charge is 0.476 e. The summed E-state index contributed by atoms with van der Waals surface area (Å²) in [6, 6.07) is 24.0. The van der Waals surface area contributed by atoms with Crippen LogP contribution in [0.1, 0.15) is 20.8 Å². The van der Waals surface area contributed by atoms with Crippen LogP contribution >= 0.6 is 0 Å². The summed E-state index contributed by atoms with van der Waals surface area (Å²) in [6.07, 6.45) is -0.541. The molecule has 0 saturated carbocycles. The summed E-state index contributed by atoms with van der Waals surface area (Å²) in [5, 5.41) is 2.14. The lowest BCUT2D eigenvalue weighted by Gasteiger charge is -2.35. The van der Waals surface area contributed by atoms with Gasteiger partial charge in [-0.05, 0) is 44.4 Å². The minimum atomic E-state index is -0.541. The zero-order valence-corrected chi connectivity index (χ0v) is 15.7. The molecule has 26 heavy (non-hydrogen) atoms. The van der Waals surface area contributed by atoms with Gasteiger partial charge in [-0.2, -0.15) is 0 Å². The molecule has 0 fully saturated rings. The summed E-state index contributed by atoms with van der Waals surface area (Å²) in [5.41, 5.74) is 1.01. The molecule has 0 bridgehead atoms. The van der Waals surface area contributed by atoms with E-state index in [1.54, 1.807) is 0 Å². The van der Waals surface area contributed by atoms with Crippen LogP contribution in [0, 0.1) is 0 Å². The number of carbonyl (C=O) groups is 1. The first-order valence-electron chi connectivity index (χ1n) is 9.24. The Hall–Kier alpha value is -2.65. The van der Waals surface area contributed by atoms with Gasteiger partial charge in [0.15, 0.2) is 0 Å². The van der Waals surface area contributed by atoms with E-state index in [1.807, 2.05) is 67.6 Å². The first kappa shape index (κ1) is 18.2. The Bertz CT molecular complexity index is 880. The smallest absolute Gasteiger partial charge is 0.359 e. The van der Waals surface area contributed by atoms with Crippen molar-refractivity contribution in [1.29, 1.82) is 0 Å². The number of hydrogen-bond donors (Lipinski definition) is 0. The van der Waals surface area contributed by atoms with Crippen molar-refractivity contribution < 1.29 is 9.53 Å². The number of carbonyl (C=O) groups excluding carboxylic acids is 1. The normalized spacial score (nSPS) is 12.7. The Morgan fingerprint density at radius 2 is 1.50 bits per heavy atom. The summed E-state index contributed by atoms with van der Waals surface area (Å²) in [5.74, 6) is 0.830. The number of rotatable bonds is 6. The van der Waals surface area contributed by atoms with Crippen molar-refractivity contribution >= 4 is 22.4 Å². The molecule has 3 rings (SSSR count). The molecular weight excluding hydrogens is 322 g/mol. The van der Waals surface area contributed by atoms with Crippen molar-refractivity contribution in [3.63, 3.8) is 0 Å². The Morgan fingerprint density at radius 1 is 0.885 bits per heavy atom. The highest BCUT2D eigenvalue weighted by atomic mass is 16.5. The second-order valence-electron chi connectivity index (χ2n) is 6.51. The number of quaternary nitrogens is 1. The quantitative estimate of drug-likeness (QED) is 0.574. The van der Waals surface area contributed by atoms with Crippen LogP contribution in [0.15, 0.2) is 72.8 Å². The predicted molar refractivity (Wildman–Crippen MR) is 108 cm³/mol. The van der Waals surface area contributed by atoms with Gasteiger partial charge < -0.3 is 4.74 Å². The average molecular weight is 348 g/mol. The third-order valence-corrected chi connectivity index (χ3v) is 5.15. The van der Waals surface area contributed by atoms with Crippen LogP contribution in [0.4, 0.5) is 5.69 Å². The van der Waals surface area contributed by atoms with Gasteiger partial charge in [0.25, 0.3) is 0 Å². The SMILES string of the molecule is CC[N+](CC)(C(=O)C(C)Oc1cccc2ccccc12)c1ccccc1. The van der Waals surface area contributed by atoms with E-state index in [-0.39, 0.29) is 10.4 Å². The molecule has 0 aromatic heterocycles. The zero-order valence-electron chi connectivity index (χ0n) is 15.7. The maximum atomic E-state index is 13.4. The van der Waals surface area contributed by atoms with E-state index >= 15 is 0 Å². The number of ether oxygens (including phenoxy) is 1. The van der Waals surface area contributed by atoms with Crippen molar-refractivity contribution in [2.45, 2.75) is 26.9 Å². The zero-order chi connectivity index (χ0) is 18.6. The van der Waals surface area contributed by atoms with E-state index in [9.17, 15) is 4.79 Å². The van der Waals surface area contributed by atoms with Crippen LogP contribution in [-0.4, -0.2) is 25.1 Å². The van der Waals surface area contributed by atoms with Crippen molar-refractivity contribution in [2.24, 2.45) is 0 Å². The summed E-state index contributed by atoms with van der Waals surface area (Å²) in [7, 11) is 0. The first-order valence-corrected chi connectivity index (χ1v) is 9.24. The number of likely N-dealkylation sites (N-methyl/N-ethyl adjacent to an activating group) is 1. The standard InChI is InChI=1S/C23H26NO2/c1-4-24(5-2,20-14-7-6-8-15-20)23(25)18(3)26-22-17-11-13-19-12-9-10-16-21(19)22/h6-18H,4-5H2,1-3H3/q+1. The van der Waals surface area contributed by atoms with Gasteiger partial charge in [-0.15, -0.1) is 0 Å². The second kappa shape index (κ2) is 7.71. The molecule has 0 saturated heterocycles. The topological polar surface area (TPSA) is 26.3 Å². The Morgan fingerprint density at radius 3 is 2.19 bits per heavy atom. The molecule has 134 valence electrons. The lowest BCUT2D eigenvalue weighted by atomic mass is 10.1. The summed E-state index contributed by atoms with van der Waals surface area (Å²) in [6.45, 7) is 7.36. The highest BCUT2D eigenvalue weighted by Crippen LogP contribution is 2.29. The fraction of sp³-hybridized carbons (Fsp3) is 0.261.